The molecule has 0 radical (unpaired) electrons. The van der Waals surface area contributed by atoms with Gasteiger partial charge in [-0.25, -0.2) is 4.79 Å². The van der Waals surface area contributed by atoms with Gasteiger partial charge in [-0.1, -0.05) is 29.8 Å². The average molecular weight is 344 g/mol. The Hall–Kier alpha value is -1.95. The van der Waals surface area contributed by atoms with E-state index >= 15 is 0 Å². The zero-order valence-electron chi connectivity index (χ0n) is 14.2. The summed E-state index contributed by atoms with van der Waals surface area (Å²) in [4.78, 5) is 14.6. The number of carbonyl (C=O) groups is 1. The van der Waals surface area contributed by atoms with Crippen molar-refractivity contribution in [2.45, 2.75) is 19.4 Å². The van der Waals surface area contributed by atoms with Gasteiger partial charge in [-0.15, -0.1) is 0 Å². The lowest BCUT2D eigenvalue weighted by molar-refractivity contribution is 0.183. The summed E-state index contributed by atoms with van der Waals surface area (Å²) in [5.74, 6) is 1.92. The van der Waals surface area contributed by atoms with Crippen LogP contribution in [0.2, 0.25) is 0 Å². The molecule has 1 aliphatic heterocycles. The summed E-state index contributed by atoms with van der Waals surface area (Å²) in [6.45, 7) is 3.52. The number of aromatic nitrogens is 2. The number of amides is 2. The van der Waals surface area contributed by atoms with E-state index in [1.54, 1.807) is 4.68 Å². The predicted molar refractivity (Wildman–Crippen MR) is 98.3 cm³/mol. The summed E-state index contributed by atoms with van der Waals surface area (Å²) < 4.78 is 1.79. The number of urea groups is 1. The molecular formula is C18H24N4OS. The molecule has 0 bridgehead atoms. The van der Waals surface area contributed by atoms with Crippen LogP contribution in [0.25, 0.3) is 0 Å². The molecule has 1 aliphatic rings. The van der Waals surface area contributed by atoms with E-state index in [2.05, 4.69) is 41.6 Å². The minimum atomic E-state index is 0.0243. The molecule has 1 aromatic carbocycles. The number of carbonyl (C=O) groups excluding carboxylic acids is 1. The van der Waals surface area contributed by atoms with Crippen molar-refractivity contribution in [1.29, 1.82) is 0 Å². The topological polar surface area (TPSA) is 50.2 Å². The molecule has 2 aromatic rings. The second-order valence-corrected chi connectivity index (χ2v) is 7.35. The van der Waals surface area contributed by atoms with E-state index < -0.39 is 0 Å². The minimum Gasteiger partial charge on any atom is -0.338 e. The van der Waals surface area contributed by atoms with Crippen molar-refractivity contribution < 1.29 is 4.79 Å². The van der Waals surface area contributed by atoms with E-state index in [1.807, 2.05) is 36.1 Å². The number of aryl methyl sites for hydroxylation is 2. The molecule has 1 aromatic heterocycles. The van der Waals surface area contributed by atoms with Crippen LogP contribution in [0.15, 0.2) is 36.7 Å². The van der Waals surface area contributed by atoms with Gasteiger partial charge in [0.2, 0.25) is 0 Å². The van der Waals surface area contributed by atoms with Crippen molar-refractivity contribution in [3.05, 3.63) is 53.3 Å². The molecule has 1 unspecified atom stereocenters. The smallest absolute Gasteiger partial charge is 0.317 e. The summed E-state index contributed by atoms with van der Waals surface area (Å²) >= 11 is 1.89. The van der Waals surface area contributed by atoms with Crippen LogP contribution in [0.4, 0.5) is 4.79 Å². The highest BCUT2D eigenvalue weighted by atomic mass is 32.2. The van der Waals surface area contributed by atoms with Crippen molar-refractivity contribution in [3.8, 4) is 0 Å². The van der Waals surface area contributed by atoms with Crippen LogP contribution >= 0.6 is 11.8 Å². The largest absolute Gasteiger partial charge is 0.338 e. The van der Waals surface area contributed by atoms with Crippen LogP contribution < -0.4 is 5.32 Å². The minimum absolute atomic E-state index is 0.0243. The van der Waals surface area contributed by atoms with Crippen LogP contribution in [0.5, 0.6) is 0 Å². The van der Waals surface area contributed by atoms with Crippen molar-refractivity contribution in [1.82, 2.24) is 20.0 Å². The third kappa shape index (κ3) is 4.12. The van der Waals surface area contributed by atoms with E-state index in [4.69, 9.17) is 0 Å². The first-order chi connectivity index (χ1) is 11.6. The molecule has 1 N–H and O–H groups in total. The number of hydrogen-bond donors (Lipinski definition) is 1. The zero-order valence-corrected chi connectivity index (χ0v) is 15.1. The lowest BCUT2D eigenvalue weighted by atomic mass is 10.1. The summed E-state index contributed by atoms with van der Waals surface area (Å²) in [5, 5.41) is 7.32. The van der Waals surface area contributed by atoms with Crippen molar-refractivity contribution in [2.24, 2.45) is 7.05 Å². The molecule has 1 atom stereocenters. The number of thioether (sulfide) groups is 1. The summed E-state index contributed by atoms with van der Waals surface area (Å²) in [5.41, 5.74) is 3.62. The maximum Gasteiger partial charge on any atom is 0.317 e. The fraction of sp³-hybridized carbons (Fsp3) is 0.444. The van der Waals surface area contributed by atoms with Gasteiger partial charge < -0.3 is 10.2 Å². The second-order valence-electron chi connectivity index (χ2n) is 6.20. The predicted octanol–water partition coefficient (Wildman–Crippen LogP) is 2.77. The Labute approximate surface area is 147 Å². The molecular weight excluding hydrogens is 320 g/mol. The Morgan fingerprint density at radius 2 is 2.17 bits per heavy atom. The fourth-order valence-corrected chi connectivity index (χ4v) is 3.99. The number of benzene rings is 1. The molecule has 3 rings (SSSR count). The Morgan fingerprint density at radius 3 is 2.88 bits per heavy atom. The highest BCUT2D eigenvalue weighted by molar-refractivity contribution is 7.99. The third-order valence-electron chi connectivity index (χ3n) is 4.31. The molecule has 5 nitrogen and oxygen atoms in total. The van der Waals surface area contributed by atoms with E-state index in [0.717, 1.165) is 30.0 Å². The highest BCUT2D eigenvalue weighted by Gasteiger charge is 2.28. The molecule has 0 saturated carbocycles. The monoisotopic (exact) mass is 344 g/mol. The van der Waals surface area contributed by atoms with E-state index in [9.17, 15) is 4.79 Å². The maximum atomic E-state index is 12.6. The molecule has 24 heavy (non-hydrogen) atoms. The van der Waals surface area contributed by atoms with Crippen LogP contribution in [0.1, 0.15) is 22.7 Å². The molecule has 6 heteroatoms. The van der Waals surface area contributed by atoms with Gasteiger partial charge in [-0.2, -0.15) is 16.9 Å². The summed E-state index contributed by atoms with van der Waals surface area (Å²) in [6, 6.07) is 8.59. The van der Waals surface area contributed by atoms with Crippen LogP contribution in [0, 0.1) is 6.92 Å². The fourth-order valence-electron chi connectivity index (χ4n) is 2.91. The third-order valence-corrected chi connectivity index (χ3v) is 5.33. The van der Waals surface area contributed by atoms with Crippen molar-refractivity contribution in [3.63, 3.8) is 0 Å². The highest BCUT2D eigenvalue weighted by Crippen LogP contribution is 2.29. The lowest BCUT2D eigenvalue weighted by Gasteiger charge is -2.34. The van der Waals surface area contributed by atoms with Gasteiger partial charge in [0, 0.05) is 43.4 Å². The quantitative estimate of drug-likeness (QED) is 0.928. The van der Waals surface area contributed by atoms with Gasteiger partial charge in [0.1, 0.15) is 0 Å². The molecule has 2 heterocycles. The normalized spacial score (nSPS) is 17.8. The summed E-state index contributed by atoms with van der Waals surface area (Å²) in [6.07, 6.45) is 4.72. The molecule has 0 aliphatic carbocycles. The van der Waals surface area contributed by atoms with E-state index in [-0.39, 0.29) is 12.1 Å². The standard InChI is InChI=1S/C18H24N4OS/c1-14-3-5-15(6-4-14)7-8-19-18(23)22-9-10-24-13-17(22)16-11-20-21(2)12-16/h3-6,11-12,17H,7-10,13H2,1-2H3,(H,19,23). The number of nitrogens with one attached hydrogen (secondary N) is 1. The van der Waals surface area contributed by atoms with E-state index in [1.165, 1.54) is 11.1 Å². The Morgan fingerprint density at radius 1 is 1.38 bits per heavy atom. The second kappa shape index (κ2) is 7.75. The van der Waals surface area contributed by atoms with Gasteiger partial charge in [0.15, 0.2) is 0 Å². The molecule has 2 amide bonds. The van der Waals surface area contributed by atoms with Gasteiger partial charge in [-0.3, -0.25) is 4.68 Å². The lowest BCUT2D eigenvalue weighted by Crippen LogP contribution is -2.46. The SMILES string of the molecule is Cc1ccc(CCNC(=O)N2CCSCC2c2cnn(C)c2)cc1. The van der Waals surface area contributed by atoms with Gasteiger partial charge in [-0.05, 0) is 18.9 Å². The average Bonchev–Trinajstić information content (AvgIpc) is 3.03. The maximum absolute atomic E-state index is 12.6. The first kappa shape index (κ1) is 16.9. The first-order valence-corrected chi connectivity index (χ1v) is 9.45. The Balaban J connectivity index is 1.57. The van der Waals surface area contributed by atoms with E-state index in [0.29, 0.717) is 6.54 Å². The molecule has 0 spiro atoms. The first-order valence-electron chi connectivity index (χ1n) is 8.30. The number of rotatable bonds is 4. The Bertz CT molecular complexity index is 683. The van der Waals surface area contributed by atoms with Gasteiger partial charge in [0.25, 0.3) is 0 Å². The van der Waals surface area contributed by atoms with Crippen LogP contribution in [-0.2, 0) is 13.5 Å². The van der Waals surface area contributed by atoms with Crippen molar-refractivity contribution in [2.75, 3.05) is 24.6 Å². The zero-order chi connectivity index (χ0) is 16.9. The summed E-state index contributed by atoms with van der Waals surface area (Å²) in [7, 11) is 1.91. The number of hydrogen-bond acceptors (Lipinski definition) is 3. The van der Waals surface area contributed by atoms with Crippen LogP contribution in [0.3, 0.4) is 0 Å². The van der Waals surface area contributed by atoms with Crippen LogP contribution in [-0.4, -0.2) is 45.3 Å². The molecule has 128 valence electrons. The van der Waals surface area contributed by atoms with Gasteiger partial charge in [0.05, 0.1) is 12.2 Å². The number of nitrogens with zero attached hydrogens (tertiary/aromatic N) is 3. The van der Waals surface area contributed by atoms with Crippen molar-refractivity contribution >= 4 is 17.8 Å². The molecule has 1 fully saturated rings. The van der Waals surface area contributed by atoms with Gasteiger partial charge >= 0.3 is 6.03 Å². The molecule has 1 saturated heterocycles. The Kier molecular flexibility index (Phi) is 5.45.